The molecule has 0 radical (unpaired) electrons. The number of amides is 1. The third kappa shape index (κ3) is 3.74. The molecule has 0 bridgehead atoms. The number of hydrogen-bond acceptors (Lipinski definition) is 2. The van der Waals surface area contributed by atoms with Gasteiger partial charge >= 0.3 is 0 Å². The molecular formula is C17H21ClN2O. The van der Waals surface area contributed by atoms with Crippen LogP contribution >= 0.6 is 12.4 Å². The molecule has 1 aliphatic rings. The van der Waals surface area contributed by atoms with Gasteiger partial charge in [0.05, 0.1) is 6.42 Å². The lowest BCUT2D eigenvalue weighted by Gasteiger charge is -2.30. The van der Waals surface area contributed by atoms with Gasteiger partial charge in [-0.2, -0.15) is 0 Å². The summed E-state index contributed by atoms with van der Waals surface area (Å²) < 4.78 is 0. The quantitative estimate of drug-likeness (QED) is 0.927. The van der Waals surface area contributed by atoms with Gasteiger partial charge in [-0.15, -0.1) is 12.4 Å². The molecule has 112 valence electrons. The first-order valence-electron chi connectivity index (χ1n) is 7.23. The first-order valence-corrected chi connectivity index (χ1v) is 7.23. The summed E-state index contributed by atoms with van der Waals surface area (Å²) in [7, 11) is 0. The summed E-state index contributed by atoms with van der Waals surface area (Å²) in [5.41, 5.74) is 7.01. The van der Waals surface area contributed by atoms with Crippen molar-refractivity contribution in [2.75, 3.05) is 13.1 Å². The number of carbonyl (C=O) groups is 1. The Labute approximate surface area is 131 Å². The second-order valence-corrected chi connectivity index (χ2v) is 5.60. The fourth-order valence-electron chi connectivity index (χ4n) is 2.87. The van der Waals surface area contributed by atoms with E-state index in [1.54, 1.807) is 0 Å². The van der Waals surface area contributed by atoms with Crippen LogP contribution in [0.25, 0.3) is 10.8 Å². The number of piperidine rings is 1. The number of nitrogens with zero attached hydrogens (tertiary/aromatic N) is 1. The normalized spacial score (nSPS) is 18.3. The molecule has 1 aliphatic heterocycles. The fraction of sp³-hybridized carbons (Fsp3) is 0.353. The summed E-state index contributed by atoms with van der Waals surface area (Å²) in [6, 6.07) is 14.6. The molecule has 1 unspecified atom stereocenters. The maximum absolute atomic E-state index is 12.3. The lowest BCUT2D eigenvalue weighted by molar-refractivity contribution is -0.131. The molecule has 1 saturated heterocycles. The maximum atomic E-state index is 12.3. The van der Waals surface area contributed by atoms with Crippen molar-refractivity contribution in [3.63, 3.8) is 0 Å². The van der Waals surface area contributed by atoms with E-state index in [0.717, 1.165) is 24.9 Å². The molecule has 0 saturated carbocycles. The number of fused-ring (bicyclic) bond motifs is 1. The van der Waals surface area contributed by atoms with Crippen LogP contribution in [0.5, 0.6) is 0 Å². The summed E-state index contributed by atoms with van der Waals surface area (Å²) in [4.78, 5) is 14.2. The number of carbonyl (C=O) groups excluding carboxylic acids is 1. The molecule has 1 fully saturated rings. The van der Waals surface area contributed by atoms with Crippen LogP contribution in [0.4, 0.5) is 0 Å². The van der Waals surface area contributed by atoms with E-state index >= 15 is 0 Å². The molecule has 4 heteroatoms. The number of nitrogens with two attached hydrogens (primary N) is 1. The fourth-order valence-corrected chi connectivity index (χ4v) is 2.87. The van der Waals surface area contributed by atoms with Gasteiger partial charge in [-0.05, 0) is 29.2 Å². The third-order valence-corrected chi connectivity index (χ3v) is 3.98. The molecule has 1 amide bonds. The monoisotopic (exact) mass is 304 g/mol. The molecule has 1 atom stereocenters. The maximum Gasteiger partial charge on any atom is 0.227 e. The van der Waals surface area contributed by atoms with Crippen molar-refractivity contribution >= 4 is 29.1 Å². The Hall–Kier alpha value is -1.58. The average Bonchev–Trinajstić information content (AvgIpc) is 2.47. The van der Waals surface area contributed by atoms with E-state index in [1.165, 1.54) is 10.8 Å². The van der Waals surface area contributed by atoms with Gasteiger partial charge in [0.2, 0.25) is 5.91 Å². The van der Waals surface area contributed by atoms with Crippen LogP contribution in [0, 0.1) is 0 Å². The average molecular weight is 305 g/mol. The third-order valence-electron chi connectivity index (χ3n) is 3.98. The van der Waals surface area contributed by atoms with E-state index in [-0.39, 0.29) is 24.4 Å². The second-order valence-electron chi connectivity index (χ2n) is 5.60. The van der Waals surface area contributed by atoms with Gasteiger partial charge in [-0.3, -0.25) is 4.79 Å². The number of likely N-dealkylation sites (tertiary alicyclic amines) is 1. The van der Waals surface area contributed by atoms with E-state index in [2.05, 4.69) is 24.3 Å². The highest BCUT2D eigenvalue weighted by atomic mass is 35.5. The molecule has 0 aromatic heterocycles. The minimum absolute atomic E-state index is 0. The first kappa shape index (κ1) is 15.8. The van der Waals surface area contributed by atoms with Gasteiger partial charge in [0.25, 0.3) is 0 Å². The van der Waals surface area contributed by atoms with Crippen molar-refractivity contribution < 1.29 is 4.79 Å². The van der Waals surface area contributed by atoms with Crippen LogP contribution in [-0.4, -0.2) is 29.9 Å². The van der Waals surface area contributed by atoms with Crippen molar-refractivity contribution in [3.05, 3.63) is 48.0 Å². The summed E-state index contributed by atoms with van der Waals surface area (Å²) in [5.74, 6) is 0.190. The summed E-state index contributed by atoms with van der Waals surface area (Å²) in [6.45, 7) is 1.55. The van der Waals surface area contributed by atoms with Gasteiger partial charge in [-0.25, -0.2) is 0 Å². The van der Waals surface area contributed by atoms with Crippen LogP contribution < -0.4 is 5.73 Å². The van der Waals surface area contributed by atoms with Crippen LogP contribution in [0.2, 0.25) is 0 Å². The lowest BCUT2D eigenvalue weighted by Crippen LogP contribution is -2.46. The minimum Gasteiger partial charge on any atom is -0.341 e. The highest BCUT2D eigenvalue weighted by molar-refractivity contribution is 5.86. The van der Waals surface area contributed by atoms with Crippen LogP contribution in [0.1, 0.15) is 18.4 Å². The molecule has 0 aliphatic carbocycles. The molecule has 2 aromatic rings. The van der Waals surface area contributed by atoms with Crippen molar-refractivity contribution in [2.24, 2.45) is 5.73 Å². The van der Waals surface area contributed by atoms with E-state index in [0.29, 0.717) is 13.0 Å². The lowest BCUT2D eigenvalue weighted by atomic mass is 10.0. The van der Waals surface area contributed by atoms with Gasteiger partial charge < -0.3 is 10.6 Å². The summed E-state index contributed by atoms with van der Waals surface area (Å²) >= 11 is 0. The van der Waals surface area contributed by atoms with Crippen molar-refractivity contribution in [1.29, 1.82) is 0 Å². The standard InChI is InChI=1S/C17H20N2O.ClH/c18-16-6-3-9-19(12-16)17(20)11-13-7-8-14-4-1-2-5-15(14)10-13;/h1-2,4-5,7-8,10,16H,3,6,9,11-12,18H2;1H. The Balaban J connectivity index is 0.00000161. The van der Waals surface area contributed by atoms with Crippen LogP contribution in [-0.2, 0) is 11.2 Å². The van der Waals surface area contributed by atoms with E-state index in [4.69, 9.17) is 5.73 Å². The number of rotatable bonds is 2. The molecule has 3 nitrogen and oxygen atoms in total. The van der Waals surface area contributed by atoms with E-state index in [9.17, 15) is 4.79 Å². The topological polar surface area (TPSA) is 46.3 Å². The van der Waals surface area contributed by atoms with Crippen molar-refractivity contribution in [2.45, 2.75) is 25.3 Å². The highest BCUT2D eigenvalue weighted by Gasteiger charge is 2.21. The smallest absolute Gasteiger partial charge is 0.227 e. The molecule has 3 rings (SSSR count). The van der Waals surface area contributed by atoms with E-state index in [1.807, 2.05) is 23.1 Å². The molecule has 2 N–H and O–H groups in total. The first-order chi connectivity index (χ1) is 9.72. The largest absolute Gasteiger partial charge is 0.341 e. The van der Waals surface area contributed by atoms with Gasteiger partial charge in [0, 0.05) is 19.1 Å². The Morgan fingerprint density at radius 1 is 1.19 bits per heavy atom. The predicted molar refractivity (Wildman–Crippen MR) is 88.7 cm³/mol. The summed E-state index contributed by atoms with van der Waals surface area (Å²) in [6.07, 6.45) is 2.52. The Bertz CT molecular complexity index is 629. The van der Waals surface area contributed by atoms with Crippen molar-refractivity contribution in [1.82, 2.24) is 4.90 Å². The minimum atomic E-state index is 0. The zero-order valence-electron chi connectivity index (χ0n) is 12.0. The molecule has 0 spiro atoms. The zero-order chi connectivity index (χ0) is 13.9. The molecule has 1 heterocycles. The van der Waals surface area contributed by atoms with Crippen LogP contribution in [0.3, 0.4) is 0 Å². The summed E-state index contributed by atoms with van der Waals surface area (Å²) in [5, 5.41) is 2.40. The van der Waals surface area contributed by atoms with Gasteiger partial charge in [0.15, 0.2) is 0 Å². The van der Waals surface area contributed by atoms with Crippen LogP contribution in [0.15, 0.2) is 42.5 Å². The Morgan fingerprint density at radius 3 is 2.71 bits per heavy atom. The number of halogens is 1. The molecule has 21 heavy (non-hydrogen) atoms. The second kappa shape index (κ2) is 6.92. The SMILES string of the molecule is Cl.NC1CCCN(C(=O)Cc2ccc3ccccc3c2)C1. The zero-order valence-corrected chi connectivity index (χ0v) is 12.8. The molecular weight excluding hydrogens is 284 g/mol. The molecule has 2 aromatic carbocycles. The number of hydrogen-bond donors (Lipinski definition) is 1. The predicted octanol–water partition coefficient (Wildman–Crippen LogP) is 2.75. The highest BCUT2D eigenvalue weighted by Crippen LogP contribution is 2.17. The van der Waals surface area contributed by atoms with Gasteiger partial charge in [-0.1, -0.05) is 42.5 Å². The van der Waals surface area contributed by atoms with Gasteiger partial charge in [0.1, 0.15) is 0 Å². The van der Waals surface area contributed by atoms with E-state index < -0.39 is 0 Å². The Morgan fingerprint density at radius 2 is 1.95 bits per heavy atom. The van der Waals surface area contributed by atoms with Crippen molar-refractivity contribution in [3.8, 4) is 0 Å². The number of benzene rings is 2. The Kier molecular flexibility index (Phi) is 5.21.